The molecule has 0 N–H and O–H groups in total. The number of nitrogens with zero attached hydrogens (tertiary/aromatic N) is 1. The predicted octanol–water partition coefficient (Wildman–Crippen LogP) is 1.94. The van der Waals surface area contributed by atoms with Gasteiger partial charge in [0.2, 0.25) is 0 Å². The van der Waals surface area contributed by atoms with Crippen molar-refractivity contribution < 1.29 is 28.5 Å². The maximum atomic E-state index is 12.7. The van der Waals surface area contributed by atoms with Crippen LogP contribution < -0.4 is 4.74 Å². The van der Waals surface area contributed by atoms with Gasteiger partial charge in [0.15, 0.2) is 6.10 Å². The molecule has 1 fully saturated rings. The van der Waals surface area contributed by atoms with E-state index in [1.807, 2.05) is 0 Å². The molecule has 0 bridgehead atoms. The van der Waals surface area contributed by atoms with E-state index in [9.17, 15) is 9.59 Å². The number of morpholine rings is 1. The van der Waals surface area contributed by atoms with Gasteiger partial charge in [0, 0.05) is 23.7 Å². The van der Waals surface area contributed by atoms with Gasteiger partial charge in [-0.2, -0.15) is 0 Å². The molecule has 4 rings (SSSR count). The zero-order chi connectivity index (χ0) is 19.3. The summed E-state index contributed by atoms with van der Waals surface area (Å²) in [5.41, 5.74) is -0.0513. The quantitative estimate of drug-likeness (QED) is 0.700. The van der Waals surface area contributed by atoms with Crippen molar-refractivity contribution >= 4 is 35.1 Å². The van der Waals surface area contributed by atoms with E-state index in [0.717, 1.165) is 0 Å². The first kappa shape index (κ1) is 18.6. The lowest BCUT2D eigenvalue weighted by Gasteiger charge is -2.52. The predicted molar refractivity (Wildman–Crippen MR) is 96.0 cm³/mol. The Hall–Kier alpha value is -1.80. The number of methoxy groups -OCH3 is 2. The Kier molecular flexibility index (Phi) is 4.58. The summed E-state index contributed by atoms with van der Waals surface area (Å²) in [7, 11) is 2.52. The zero-order valence-corrected chi connectivity index (χ0v) is 16.2. The van der Waals surface area contributed by atoms with Gasteiger partial charge in [0.1, 0.15) is 11.3 Å². The van der Waals surface area contributed by atoms with E-state index in [4.69, 9.17) is 42.1 Å². The Labute approximate surface area is 165 Å². The summed E-state index contributed by atoms with van der Waals surface area (Å²) in [4.78, 5) is 27.2. The van der Waals surface area contributed by atoms with Crippen molar-refractivity contribution in [2.45, 2.75) is 11.6 Å². The van der Waals surface area contributed by atoms with Crippen LogP contribution in [-0.2, 0) is 29.3 Å². The second kappa shape index (κ2) is 6.67. The number of ether oxygens (including phenoxy) is 4. The van der Waals surface area contributed by atoms with Gasteiger partial charge in [-0.1, -0.05) is 23.2 Å². The highest BCUT2D eigenvalue weighted by Gasteiger charge is 2.69. The Morgan fingerprint density at radius 2 is 1.81 bits per heavy atom. The molecule has 0 amide bonds. The number of rotatable bonds is 3. The Bertz CT molecular complexity index is 864. The third kappa shape index (κ3) is 2.42. The molecular weight excluding hydrogens is 397 g/mol. The van der Waals surface area contributed by atoms with Crippen molar-refractivity contribution in [3.63, 3.8) is 0 Å². The normalized spacial score (nSPS) is 26.6. The number of esters is 2. The second-order valence-corrected chi connectivity index (χ2v) is 7.24. The summed E-state index contributed by atoms with van der Waals surface area (Å²) in [5, 5.41) is 0.722. The van der Waals surface area contributed by atoms with E-state index in [1.165, 1.54) is 14.2 Å². The molecule has 0 saturated carbocycles. The molecule has 0 radical (unpaired) electrons. The highest BCUT2D eigenvalue weighted by Crippen LogP contribution is 2.61. The van der Waals surface area contributed by atoms with Crippen LogP contribution in [0, 0.1) is 0 Å². The van der Waals surface area contributed by atoms with Crippen molar-refractivity contribution in [2.24, 2.45) is 0 Å². The lowest BCUT2D eigenvalue weighted by atomic mass is 9.63. The number of hydrogen-bond acceptors (Lipinski definition) is 7. The summed E-state index contributed by atoms with van der Waals surface area (Å²) >= 11 is 12.6. The summed E-state index contributed by atoms with van der Waals surface area (Å²) < 4.78 is 21.4. The first-order chi connectivity index (χ1) is 13.0. The molecule has 1 aromatic carbocycles. The molecule has 2 unspecified atom stereocenters. The van der Waals surface area contributed by atoms with Gasteiger partial charge in [0.05, 0.1) is 43.6 Å². The highest BCUT2D eigenvalue weighted by atomic mass is 35.5. The van der Waals surface area contributed by atoms with Crippen molar-refractivity contribution in [3.8, 4) is 5.75 Å². The Morgan fingerprint density at radius 3 is 2.44 bits per heavy atom. The maximum Gasteiger partial charge on any atom is 0.338 e. The van der Waals surface area contributed by atoms with Crippen LogP contribution in [0.2, 0.25) is 10.0 Å². The van der Waals surface area contributed by atoms with Gasteiger partial charge in [0.25, 0.3) is 0 Å². The molecule has 1 saturated heterocycles. The smallest absolute Gasteiger partial charge is 0.338 e. The van der Waals surface area contributed by atoms with Crippen LogP contribution in [0.25, 0.3) is 0 Å². The van der Waals surface area contributed by atoms with Crippen molar-refractivity contribution in [1.29, 1.82) is 0 Å². The van der Waals surface area contributed by atoms with Crippen LogP contribution in [0.1, 0.15) is 5.56 Å². The molecular formula is C18H17Cl2NO6. The van der Waals surface area contributed by atoms with Crippen molar-refractivity contribution in [1.82, 2.24) is 4.90 Å². The molecule has 0 spiro atoms. The highest BCUT2D eigenvalue weighted by molar-refractivity contribution is 6.36. The largest absolute Gasteiger partial charge is 0.481 e. The fourth-order valence-electron chi connectivity index (χ4n) is 4.20. The number of benzene rings is 1. The third-order valence-electron chi connectivity index (χ3n) is 5.25. The number of fused-ring (bicyclic) bond motifs is 3. The van der Waals surface area contributed by atoms with Crippen LogP contribution in [0.5, 0.6) is 5.75 Å². The van der Waals surface area contributed by atoms with Gasteiger partial charge in [-0.3, -0.25) is 4.90 Å². The maximum absolute atomic E-state index is 12.7. The first-order valence-corrected chi connectivity index (χ1v) is 9.12. The molecule has 3 aliphatic rings. The monoisotopic (exact) mass is 413 g/mol. The molecule has 7 nitrogen and oxygen atoms in total. The number of hydrogen-bond donors (Lipinski definition) is 0. The van der Waals surface area contributed by atoms with Gasteiger partial charge < -0.3 is 18.9 Å². The first-order valence-electron chi connectivity index (χ1n) is 8.37. The van der Waals surface area contributed by atoms with Gasteiger partial charge in [-0.25, -0.2) is 9.59 Å². The molecule has 27 heavy (non-hydrogen) atoms. The summed E-state index contributed by atoms with van der Waals surface area (Å²) in [6.45, 7) is 2.05. The fraction of sp³-hybridized carbons (Fsp3) is 0.444. The van der Waals surface area contributed by atoms with E-state index < -0.39 is 23.6 Å². The van der Waals surface area contributed by atoms with Gasteiger partial charge in [-0.05, 0) is 12.1 Å². The summed E-state index contributed by atoms with van der Waals surface area (Å²) in [5.74, 6) is -0.858. The average molecular weight is 414 g/mol. The molecule has 2 aliphatic heterocycles. The van der Waals surface area contributed by atoms with Gasteiger partial charge >= 0.3 is 11.9 Å². The average Bonchev–Trinajstić information content (AvgIpc) is 2.93. The molecule has 1 aromatic rings. The molecule has 144 valence electrons. The number of carbonyl (C=O) groups is 2. The van der Waals surface area contributed by atoms with Crippen LogP contribution in [-0.4, -0.2) is 63.5 Å². The second-order valence-electron chi connectivity index (χ2n) is 6.40. The SMILES string of the molecule is COC(=O)C1=C(C(=O)OC)C2(N3CCOCC3)c3cc(Cl)cc(Cl)c3OC12. The standard InChI is InChI=1S/C18H17Cl2NO6/c1-24-16(22)12-13(17(23)25-2)18(21-3-5-26-6-4-21)10-7-9(19)8-11(20)14(10)27-15(12)18/h7-8,15H,3-6H2,1-2H3. The molecule has 2 heterocycles. The minimum atomic E-state index is -1.02. The van der Waals surface area contributed by atoms with Crippen LogP contribution in [0.15, 0.2) is 23.3 Å². The van der Waals surface area contributed by atoms with E-state index in [-0.39, 0.29) is 11.1 Å². The van der Waals surface area contributed by atoms with Crippen LogP contribution in [0.4, 0.5) is 0 Å². The molecule has 1 aliphatic carbocycles. The fourth-order valence-corrected chi connectivity index (χ4v) is 4.73. The number of halogens is 2. The van der Waals surface area contributed by atoms with E-state index in [1.54, 1.807) is 12.1 Å². The minimum Gasteiger partial charge on any atom is -0.481 e. The Morgan fingerprint density at radius 1 is 1.15 bits per heavy atom. The Balaban J connectivity index is 1.98. The van der Waals surface area contributed by atoms with Crippen LogP contribution >= 0.6 is 23.2 Å². The molecule has 9 heteroatoms. The van der Waals surface area contributed by atoms with E-state index in [2.05, 4.69) is 4.90 Å². The molecule has 2 atom stereocenters. The lowest BCUT2D eigenvalue weighted by molar-refractivity contribution is -0.148. The third-order valence-corrected chi connectivity index (χ3v) is 5.75. The zero-order valence-electron chi connectivity index (χ0n) is 14.7. The summed E-state index contributed by atoms with van der Waals surface area (Å²) in [6.07, 6.45) is -0.747. The topological polar surface area (TPSA) is 74.3 Å². The summed E-state index contributed by atoms with van der Waals surface area (Å²) in [6, 6.07) is 3.28. The van der Waals surface area contributed by atoms with Crippen LogP contribution in [0.3, 0.4) is 0 Å². The molecule has 0 aromatic heterocycles. The van der Waals surface area contributed by atoms with E-state index in [0.29, 0.717) is 47.7 Å². The van der Waals surface area contributed by atoms with Gasteiger partial charge in [-0.15, -0.1) is 0 Å². The minimum absolute atomic E-state index is 0.138. The lowest BCUT2D eigenvalue weighted by Crippen LogP contribution is -2.66. The van der Waals surface area contributed by atoms with E-state index >= 15 is 0 Å². The van der Waals surface area contributed by atoms with Crippen molar-refractivity contribution in [3.05, 3.63) is 38.9 Å². The number of carbonyl (C=O) groups excluding carboxylic acids is 2. The van der Waals surface area contributed by atoms with Crippen molar-refractivity contribution in [2.75, 3.05) is 40.5 Å².